The van der Waals surface area contributed by atoms with Gasteiger partial charge in [0, 0.05) is 41.7 Å². The van der Waals surface area contributed by atoms with E-state index in [0.717, 1.165) is 66.7 Å². The van der Waals surface area contributed by atoms with Crippen molar-refractivity contribution in [2.75, 3.05) is 7.05 Å². The molecule has 9 heteroatoms. The number of halogens is 3. The highest BCUT2D eigenvalue weighted by Gasteiger charge is 2.35. The van der Waals surface area contributed by atoms with Gasteiger partial charge in [-0.3, -0.25) is 0 Å². The highest BCUT2D eigenvalue weighted by Crippen LogP contribution is 2.39. The van der Waals surface area contributed by atoms with Crippen molar-refractivity contribution >= 4 is 22.9 Å². The third-order valence-corrected chi connectivity index (χ3v) is 6.91. The summed E-state index contributed by atoms with van der Waals surface area (Å²) in [5.74, 6) is 0.158. The van der Waals surface area contributed by atoms with Crippen LogP contribution in [-0.4, -0.2) is 28.9 Å². The van der Waals surface area contributed by atoms with Crippen molar-refractivity contribution in [3.05, 3.63) is 52.2 Å². The van der Waals surface area contributed by atoms with Gasteiger partial charge in [0.15, 0.2) is 0 Å². The van der Waals surface area contributed by atoms with Crippen LogP contribution in [0.15, 0.2) is 35.4 Å². The molecule has 3 N–H and O–H groups in total. The van der Waals surface area contributed by atoms with E-state index in [9.17, 15) is 23.5 Å². The summed E-state index contributed by atoms with van der Waals surface area (Å²) in [5, 5.41) is 23.8. The molecule has 1 saturated carbocycles. The van der Waals surface area contributed by atoms with Gasteiger partial charge in [-0.2, -0.15) is 18.4 Å². The standard InChI is InChI=1S/C24H29F3N4OS/c1-15-11-22-19(12-23(15)32)20(13-28)21(31(22)17-7-4-5-8-17)10-6-9-18(14-29-3)33-30-16(2)24(25,26)27/h6,9,11-12,14,16-17,29-30,32H,4-5,7-8,10H2,1-3H3/b9-6-,18-14+/t16-/m1/s1. The van der Waals surface area contributed by atoms with Crippen molar-refractivity contribution in [3.63, 3.8) is 0 Å². The third kappa shape index (κ3) is 5.68. The fourth-order valence-corrected chi connectivity index (χ4v) is 4.96. The molecule has 0 bridgehead atoms. The largest absolute Gasteiger partial charge is 0.508 e. The molecule has 0 unspecified atom stereocenters. The second-order valence-corrected chi connectivity index (χ2v) is 9.23. The fourth-order valence-electron chi connectivity index (χ4n) is 4.17. The first-order valence-corrected chi connectivity index (χ1v) is 11.8. The quantitative estimate of drug-likeness (QED) is 0.321. The van der Waals surface area contributed by atoms with Crippen molar-refractivity contribution in [3.8, 4) is 11.8 Å². The Balaban J connectivity index is 1.92. The molecule has 1 heterocycles. The lowest BCUT2D eigenvalue weighted by molar-refractivity contribution is -0.146. The number of nitrogens with zero attached hydrogens (tertiary/aromatic N) is 2. The third-order valence-electron chi connectivity index (χ3n) is 5.95. The Bertz CT molecular complexity index is 1090. The fraction of sp³-hybridized carbons (Fsp3) is 0.458. The van der Waals surface area contributed by atoms with E-state index in [4.69, 9.17) is 0 Å². The van der Waals surface area contributed by atoms with E-state index in [1.165, 1.54) is 0 Å². The van der Waals surface area contributed by atoms with E-state index >= 15 is 0 Å². The van der Waals surface area contributed by atoms with Crippen molar-refractivity contribution in [1.29, 1.82) is 5.26 Å². The molecule has 178 valence electrons. The first-order chi connectivity index (χ1) is 15.7. The number of hydrogen-bond acceptors (Lipinski definition) is 5. The maximum Gasteiger partial charge on any atom is 0.404 e. The van der Waals surface area contributed by atoms with Gasteiger partial charge >= 0.3 is 6.18 Å². The van der Waals surface area contributed by atoms with Crippen LogP contribution >= 0.6 is 11.9 Å². The molecule has 1 atom stereocenters. The maximum absolute atomic E-state index is 12.8. The number of benzene rings is 1. The van der Waals surface area contributed by atoms with Gasteiger partial charge in [-0.25, -0.2) is 4.72 Å². The Morgan fingerprint density at radius 3 is 2.67 bits per heavy atom. The number of phenolic OH excluding ortho intramolecular Hbond substituents is 1. The number of hydrogen-bond donors (Lipinski definition) is 3. The summed E-state index contributed by atoms with van der Waals surface area (Å²) < 4.78 is 43.1. The normalized spacial score (nSPS) is 16.6. The van der Waals surface area contributed by atoms with E-state index < -0.39 is 12.2 Å². The lowest BCUT2D eigenvalue weighted by Crippen LogP contribution is -2.35. The zero-order chi connectivity index (χ0) is 24.2. The van der Waals surface area contributed by atoms with E-state index in [1.807, 2.05) is 19.1 Å². The predicted octanol–water partition coefficient (Wildman–Crippen LogP) is 5.99. The molecule has 33 heavy (non-hydrogen) atoms. The van der Waals surface area contributed by atoms with Crippen LogP contribution in [0.5, 0.6) is 5.75 Å². The van der Waals surface area contributed by atoms with Crippen LogP contribution in [0.2, 0.25) is 0 Å². The highest BCUT2D eigenvalue weighted by atomic mass is 32.2. The monoisotopic (exact) mass is 478 g/mol. The molecule has 1 aromatic carbocycles. The number of phenols is 1. The minimum atomic E-state index is -4.32. The molecule has 1 aliphatic rings. The lowest BCUT2D eigenvalue weighted by atomic mass is 10.1. The van der Waals surface area contributed by atoms with E-state index in [2.05, 4.69) is 20.7 Å². The molecule has 1 aliphatic carbocycles. The number of nitriles is 1. The molecule has 5 nitrogen and oxygen atoms in total. The van der Waals surface area contributed by atoms with Gasteiger partial charge in [0.05, 0.1) is 11.1 Å². The van der Waals surface area contributed by atoms with Crippen LogP contribution in [0.25, 0.3) is 10.9 Å². The average molecular weight is 479 g/mol. The zero-order valence-electron chi connectivity index (χ0n) is 19.0. The molecule has 0 radical (unpaired) electrons. The summed E-state index contributed by atoms with van der Waals surface area (Å²) in [6.07, 6.45) is 5.69. The number of aryl methyl sites for hydroxylation is 1. The first kappa shape index (κ1) is 25.1. The smallest absolute Gasteiger partial charge is 0.404 e. The minimum Gasteiger partial charge on any atom is -0.508 e. The Kier molecular flexibility index (Phi) is 8.03. The van der Waals surface area contributed by atoms with Gasteiger partial charge in [-0.15, -0.1) is 0 Å². The van der Waals surface area contributed by atoms with E-state index in [-0.39, 0.29) is 11.8 Å². The predicted molar refractivity (Wildman–Crippen MR) is 127 cm³/mol. The van der Waals surface area contributed by atoms with Crippen LogP contribution < -0.4 is 10.0 Å². The SMILES string of the molecule is CN/C=C(\C=C/Cc1c(C#N)c2cc(O)c(C)cc2n1C1CCCC1)SN[C@H](C)C(F)(F)F. The summed E-state index contributed by atoms with van der Waals surface area (Å²) in [4.78, 5) is 0.587. The molecule has 3 rings (SSSR count). The number of rotatable bonds is 8. The molecule has 0 aliphatic heterocycles. The van der Waals surface area contributed by atoms with Crippen LogP contribution in [0.4, 0.5) is 13.2 Å². The Labute approximate surface area is 196 Å². The topological polar surface area (TPSA) is 73.0 Å². The van der Waals surface area contributed by atoms with E-state index in [1.54, 1.807) is 25.4 Å². The van der Waals surface area contributed by atoms with Gasteiger partial charge in [-0.05, 0) is 62.4 Å². The Morgan fingerprint density at radius 2 is 2.06 bits per heavy atom. The first-order valence-electron chi connectivity index (χ1n) is 11.0. The molecule has 1 aromatic heterocycles. The van der Waals surface area contributed by atoms with Gasteiger partial charge in [0.2, 0.25) is 0 Å². The number of fused-ring (bicyclic) bond motifs is 1. The molecular formula is C24H29F3N4OS. The number of aromatic hydroxyl groups is 1. The highest BCUT2D eigenvalue weighted by molar-refractivity contribution is 8.01. The summed E-state index contributed by atoms with van der Waals surface area (Å²) in [5.41, 5.74) is 3.10. The second kappa shape index (κ2) is 10.6. The van der Waals surface area contributed by atoms with Gasteiger partial charge in [0.25, 0.3) is 0 Å². The van der Waals surface area contributed by atoms with Gasteiger partial charge in [0.1, 0.15) is 17.9 Å². The summed E-state index contributed by atoms with van der Waals surface area (Å²) in [6.45, 7) is 2.91. The maximum atomic E-state index is 12.8. The molecular weight excluding hydrogens is 449 g/mol. The Hall–Kier alpha value is -2.57. The van der Waals surface area contributed by atoms with Gasteiger partial charge < -0.3 is 15.0 Å². The van der Waals surface area contributed by atoms with Crippen molar-refractivity contribution in [2.45, 2.75) is 64.2 Å². The van der Waals surface area contributed by atoms with E-state index in [0.29, 0.717) is 16.9 Å². The summed E-state index contributed by atoms with van der Waals surface area (Å²) >= 11 is 0.902. The van der Waals surface area contributed by atoms with Crippen LogP contribution in [0.1, 0.15) is 55.5 Å². The zero-order valence-corrected chi connectivity index (χ0v) is 19.8. The number of allylic oxidation sites excluding steroid dienone is 2. The number of alkyl halides is 3. The average Bonchev–Trinajstić information content (AvgIpc) is 3.37. The number of aromatic nitrogens is 1. The molecule has 1 fully saturated rings. The van der Waals surface area contributed by atoms with Crippen molar-refractivity contribution in [1.82, 2.24) is 14.6 Å². The summed E-state index contributed by atoms with van der Waals surface area (Å²) in [7, 11) is 1.68. The number of nitrogens with one attached hydrogen (secondary N) is 2. The van der Waals surface area contributed by atoms with Crippen LogP contribution in [-0.2, 0) is 6.42 Å². The summed E-state index contributed by atoms with van der Waals surface area (Å²) in [6, 6.07) is 4.54. The molecule has 2 aromatic rings. The Morgan fingerprint density at radius 1 is 1.36 bits per heavy atom. The molecule has 0 spiro atoms. The van der Waals surface area contributed by atoms with Crippen LogP contribution in [0, 0.1) is 18.3 Å². The van der Waals surface area contributed by atoms with Crippen molar-refractivity contribution in [2.24, 2.45) is 0 Å². The van der Waals surface area contributed by atoms with Crippen molar-refractivity contribution < 1.29 is 18.3 Å². The second-order valence-electron chi connectivity index (χ2n) is 8.32. The molecule has 0 amide bonds. The lowest BCUT2D eigenvalue weighted by Gasteiger charge is -2.18. The molecule has 0 saturated heterocycles. The van der Waals surface area contributed by atoms with Crippen LogP contribution in [0.3, 0.4) is 0 Å². The van der Waals surface area contributed by atoms with Gasteiger partial charge in [-0.1, -0.05) is 18.9 Å². The minimum absolute atomic E-state index is 0.158.